The van der Waals surface area contributed by atoms with Crippen molar-refractivity contribution in [3.05, 3.63) is 82.9 Å². The highest BCUT2D eigenvalue weighted by molar-refractivity contribution is 7.80. The van der Waals surface area contributed by atoms with Crippen LogP contribution in [0.2, 0.25) is 0 Å². The van der Waals surface area contributed by atoms with E-state index in [1.54, 1.807) is 25.3 Å². The number of aryl methyl sites for hydroxylation is 3. The number of rotatable bonds is 5. The van der Waals surface area contributed by atoms with E-state index in [2.05, 4.69) is 16.0 Å². The highest BCUT2D eigenvalue weighted by Crippen LogP contribution is 2.26. The van der Waals surface area contributed by atoms with Gasteiger partial charge in [-0.05, 0) is 92.1 Å². The van der Waals surface area contributed by atoms with Gasteiger partial charge in [-0.15, -0.1) is 0 Å². The molecule has 0 spiro atoms. The smallest absolute Gasteiger partial charge is 0.255 e. The highest BCUT2D eigenvalue weighted by Gasteiger charge is 2.12. The molecule has 5 nitrogen and oxygen atoms in total. The topological polar surface area (TPSA) is 62.4 Å². The SMILES string of the molecule is COc1ccc(C(=O)Nc2ccc(C)c(C)c2)cc1NC(=S)Nc1cccc(C)c1. The number of nitrogens with one attached hydrogen (secondary N) is 3. The van der Waals surface area contributed by atoms with Gasteiger partial charge in [0, 0.05) is 16.9 Å². The number of carbonyl (C=O) groups is 1. The van der Waals surface area contributed by atoms with Crippen molar-refractivity contribution in [1.29, 1.82) is 0 Å². The van der Waals surface area contributed by atoms with Crippen LogP contribution in [0.15, 0.2) is 60.7 Å². The van der Waals surface area contributed by atoms with Crippen molar-refractivity contribution in [2.75, 3.05) is 23.1 Å². The molecule has 154 valence electrons. The van der Waals surface area contributed by atoms with E-state index in [4.69, 9.17) is 17.0 Å². The van der Waals surface area contributed by atoms with E-state index in [0.29, 0.717) is 22.1 Å². The predicted octanol–water partition coefficient (Wildman–Crippen LogP) is 5.68. The van der Waals surface area contributed by atoms with E-state index in [9.17, 15) is 4.79 Å². The Labute approximate surface area is 182 Å². The van der Waals surface area contributed by atoms with Gasteiger partial charge >= 0.3 is 0 Å². The number of carbonyl (C=O) groups excluding carboxylic acids is 1. The largest absolute Gasteiger partial charge is 0.495 e. The molecule has 0 fully saturated rings. The maximum Gasteiger partial charge on any atom is 0.255 e. The Morgan fingerprint density at radius 3 is 2.30 bits per heavy atom. The van der Waals surface area contributed by atoms with Crippen LogP contribution >= 0.6 is 12.2 Å². The summed E-state index contributed by atoms with van der Waals surface area (Å²) in [5, 5.41) is 9.61. The van der Waals surface area contributed by atoms with E-state index in [1.165, 1.54) is 5.56 Å². The van der Waals surface area contributed by atoms with Crippen LogP contribution in [0.25, 0.3) is 0 Å². The molecule has 0 aliphatic heterocycles. The van der Waals surface area contributed by atoms with Gasteiger partial charge < -0.3 is 20.7 Å². The number of amides is 1. The van der Waals surface area contributed by atoms with Crippen LogP contribution in [0.5, 0.6) is 5.75 Å². The Balaban J connectivity index is 1.76. The van der Waals surface area contributed by atoms with Crippen LogP contribution < -0.4 is 20.7 Å². The van der Waals surface area contributed by atoms with Gasteiger partial charge in [0.2, 0.25) is 0 Å². The first-order chi connectivity index (χ1) is 14.4. The molecule has 1 amide bonds. The van der Waals surface area contributed by atoms with E-state index in [-0.39, 0.29) is 5.91 Å². The fraction of sp³-hybridized carbons (Fsp3) is 0.167. The van der Waals surface area contributed by atoms with Crippen molar-refractivity contribution in [3.63, 3.8) is 0 Å². The summed E-state index contributed by atoms with van der Waals surface area (Å²) in [6, 6.07) is 18.9. The molecule has 0 saturated carbocycles. The van der Waals surface area contributed by atoms with E-state index >= 15 is 0 Å². The summed E-state index contributed by atoms with van der Waals surface area (Å²) in [4.78, 5) is 12.7. The fourth-order valence-corrected chi connectivity index (χ4v) is 3.20. The number of hydrogen-bond donors (Lipinski definition) is 3. The molecule has 0 heterocycles. The lowest BCUT2D eigenvalue weighted by Gasteiger charge is -2.15. The minimum absolute atomic E-state index is 0.207. The monoisotopic (exact) mass is 419 g/mol. The summed E-state index contributed by atoms with van der Waals surface area (Å²) < 4.78 is 5.42. The minimum Gasteiger partial charge on any atom is -0.495 e. The van der Waals surface area contributed by atoms with Gasteiger partial charge in [-0.2, -0.15) is 0 Å². The zero-order valence-corrected chi connectivity index (χ0v) is 18.3. The molecule has 0 radical (unpaired) electrons. The molecular formula is C24H25N3O2S. The Bertz CT molecular complexity index is 1100. The van der Waals surface area contributed by atoms with Crippen LogP contribution in [0.4, 0.5) is 17.1 Å². The first kappa shape index (κ1) is 21.3. The molecule has 3 N–H and O–H groups in total. The maximum atomic E-state index is 12.7. The summed E-state index contributed by atoms with van der Waals surface area (Å²) in [7, 11) is 1.58. The first-order valence-electron chi connectivity index (χ1n) is 9.57. The number of ether oxygens (including phenoxy) is 1. The van der Waals surface area contributed by atoms with Gasteiger partial charge in [-0.25, -0.2) is 0 Å². The number of anilines is 3. The van der Waals surface area contributed by atoms with Gasteiger partial charge in [-0.1, -0.05) is 18.2 Å². The third kappa shape index (κ3) is 5.36. The number of methoxy groups -OCH3 is 1. The van der Waals surface area contributed by atoms with Crippen LogP contribution in [-0.4, -0.2) is 18.1 Å². The molecule has 30 heavy (non-hydrogen) atoms. The third-order valence-electron chi connectivity index (χ3n) is 4.75. The zero-order chi connectivity index (χ0) is 21.7. The van der Waals surface area contributed by atoms with Gasteiger partial charge in [0.15, 0.2) is 5.11 Å². The summed E-state index contributed by atoms with van der Waals surface area (Å²) in [6.07, 6.45) is 0. The quantitative estimate of drug-likeness (QED) is 0.464. The lowest BCUT2D eigenvalue weighted by molar-refractivity contribution is 0.102. The molecule has 0 saturated heterocycles. The van der Waals surface area contributed by atoms with Crippen molar-refractivity contribution in [2.45, 2.75) is 20.8 Å². The Kier molecular flexibility index (Phi) is 6.69. The summed E-state index contributed by atoms with van der Waals surface area (Å²) in [5.41, 5.74) is 6.17. The van der Waals surface area contributed by atoms with Crippen LogP contribution in [0, 0.1) is 20.8 Å². The van der Waals surface area contributed by atoms with Gasteiger partial charge in [0.1, 0.15) is 5.75 Å². The summed E-state index contributed by atoms with van der Waals surface area (Å²) in [5.74, 6) is 0.382. The van der Waals surface area contributed by atoms with Crippen molar-refractivity contribution in [1.82, 2.24) is 0 Å². The van der Waals surface area contributed by atoms with Crippen molar-refractivity contribution < 1.29 is 9.53 Å². The second-order valence-electron chi connectivity index (χ2n) is 7.12. The van der Waals surface area contributed by atoms with E-state index < -0.39 is 0 Å². The molecular weight excluding hydrogens is 394 g/mol. The fourth-order valence-electron chi connectivity index (χ4n) is 2.98. The van der Waals surface area contributed by atoms with E-state index in [1.807, 2.05) is 63.2 Å². The van der Waals surface area contributed by atoms with Crippen molar-refractivity contribution in [3.8, 4) is 5.75 Å². The number of thiocarbonyl (C=S) groups is 1. The zero-order valence-electron chi connectivity index (χ0n) is 17.5. The standard InChI is InChI=1S/C24H25N3O2S/c1-15-6-5-7-19(12-15)26-24(30)27-21-14-18(9-11-22(21)29-4)23(28)25-20-10-8-16(2)17(3)13-20/h5-14H,1-4H3,(H,25,28)(H2,26,27,30). The predicted molar refractivity (Wildman–Crippen MR) is 128 cm³/mol. The lowest BCUT2D eigenvalue weighted by Crippen LogP contribution is -2.20. The van der Waals surface area contributed by atoms with Gasteiger partial charge in [0.05, 0.1) is 12.8 Å². The molecule has 3 aromatic rings. The Hall–Kier alpha value is -3.38. The van der Waals surface area contributed by atoms with E-state index in [0.717, 1.165) is 22.5 Å². The maximum absolute atomic E-state index is 12.7. The van der Waals surface area contributed by atoms with Gasteiger partial charge in [0.25, 0.3) is 5.91 Å². The summed E-state index contributed by atoms with van der Waals surface area (Å²) in [6.45, 7) is 6.07. The lowest BCUT2D eigenvalue weighted by atomic mass is 10.1. The minimum atomic E-state index is -0.207. The molecule has 0 unspecified atom stereocenters. The third-order valence-corrected chi connectivity index (χ3v) is 4.95. The second-order valence-corrected chi connectivity index (χ2v) is 7.53. The van der Waals surface area contributed by atoms with Crippen LogP contribution in [-0.2, 0) is 0 Å². The van der Waals surface area contributed by atoms with Crippen molar-refractivity contribution >= 4 is 40.3 Å². The highest BCUT2D eigenvalue weighted by atomic mass is 32.1. The molecule has 0 bridgehead atoms. The molecule has 3 rings (SSSR count). The molecule has 6 heteroatoms. The summed E-state index contributed by atoms with van der Waals surface area (Å²) >= 11 is 5.43. The van der Waals surface area contributed by atoms with Crippen LogP contribution in [0.1, 0.15) is 27.0 Å². The Morgan fingerprint density at radius 2 is 1.60 bits per heavy atom. The molecule has 0 aromatic heterocycles. The van der Waals surface area contributed by atoms with Crippen molar-refractivity contribution in [2.24, 2.45) is 0 Å². The first-order valence-corrected chi connectivity index (χ1v) is 9.98. The molecule has 0 aliphatic carbocycles. The number of benzene rings is 3. The Morgan fingerprint density at radius 1 is 0.833 bits per heavy atom. The molecule has 0 atom stereocenters. The van der Waals surface area contributed by atoms with Crippen LogP contribution in [0.3, 0.4) is 0 Å². The average Bonchev–Trinajstić information content (AvgIpc) is 2.70. The average molecular weight is 420 g/mol. The van der Waals surface area contributed by atoms with Gasteiger partial charge in [-0.3, -0.25) is 4.79 Å². The number of hydrogen-bond acceptors (Lipinski definition) is 3. The molecule has 0 aliphatic rings. The normalized spacial score (nSPS) is 10.3. The second kappa shape index (κ2) is 9.41. The molecule has 3 aromatic carbocycles.